The third kappa shape index (κ3) is 2.99. The summed E-state index contributed by atoms with van der Waals surface area (Å²) in [6, 6.07) is 0. The fraction of sp³-hybridized carbons (Fsp3) is 0.935. The number of hydrogen-bond donors (Lipinski definition) is 2. The molecule has 0 aromatic rings. The number of rotatable bonds is 1. The van der Waals surface area contributed by atoms with Gasteiger partial charge in [0.25, 0.3) is 0 Å². The maximum atomic E-state index is 11.0. The van der Waals surface area contributed by atoms with Gasteiger partial charge in [-0.2, -0.15) is 0 Å². The molecule has 4 saturated carbocycles. The summed E-state index contributed by atoms with van der Waals surface area (Å²) < 4.78 is 6.43. The van der Waals surface area contributed by atoms with Gasteiger partial charge in [0.2, 0.25) is 0 Å². The normalized spacial score (nSPS) is 55.8. The highest BCUT2D eigenvalue weighted by molar-refractivity contribution is 5.36. The third-order valence-electron chi connectivity index (χ3n) is 13.4. The summed E-state index contributed by atoms with van der Waals surface area (Å²) >= 11 is 0. The number of allylic oxidation sites excluding steroid dienone is 1. The first kappa shape index (κ1) is 25.3. The molecule has 0 aromatic carbocycles. The van der Waals surface area contributed by atoms with E-state index in [9.17, 15) is 10.2 Å². The van der Waals surface area contributed by atoms with Crippen LogP contribution in [0.4, 0.5) is 0 Å². The van der Waals surface area contributed by atoms with Crippen LogP contribution in [0.3, 0.4) is 0 Å². The van der Waals surface area contributed by atoms with Gasteiger partial charge >= 0.3 is 0 Å². The summed E-state index contributed by atoms with van der Waals surface area (Å²) in [5.74, 6) is 1.52. The lowest BCUT2D eigenvalue weighted by atomic mass is 9.33. The Morgan fingerprint density at radius 2 is 1.50 bits per heavy atom. The van der Waals surface area contributed by atoms with Gasteiger partial charge in [0.1, 0.15) is 0 Å². The van der Waals surface area contributed by atoms with Crippen molar-refractivity contribution in [2.45, 2.75) is 125 Å². The van der Waals surface area contributed by atoms with Crippen molar-refractivity contribution in [1.29, 1.82) is 0 Å². The molecule has 0 radical (unpaired) electrons. The number of fused-ring (bicyclic) bond motifs is 7. The Morgan fingerprint density at radius 3 is 2.15 bits per heavy atom. The third-order valence-corrected chi connectivity index (χ3v) is 13.4. The van der Waals surface area contributed by atoms with E-state index in [-0.39, 0.29) is 50.8 Å². The Kier molecular flexibility index (Phi) is 5.46. The molecule has 0 aliphatic heterocycles. The van der Waals surface area contributed by atoms with E-state index in [1.165, 1.54) is 25.7 Å². The molecule has 0 unspecified atom stereocenters. The van der Waals surface area contributed by atoms with Gasteiger partial charge in [-0.1, -0.05) is 67.0 Å². The molecule has 0 heterocycles. The van der Waals surface area contributed by atoms with Gasteiger partial charge in [-0.3, -0.25) is 0 Å². The summed E-state index contributed by atoms with van der Waals surface area (Å²) in [5, 5.41) is 22.0. The van der Waals surface area contributed by atoms with Gasteiger partial charge < -0.3 is 14.9 Å². The standard InChI is InChI=1S/C31H52O3/c1-26(2)17-20-19-16-21(34-9)25-29(6)12-11-23(32)27(3,4)22(29)10-13-31(25,8)30(19,7)15-14-28(20,5)18-24(26)33/h16,20-25,32-33H,10-15,17-18H2,1-9H3/t20-,21+,22-,23+,24-,25+,28-,29-,30+,31+/m0/s1. The van der Waals surface area contributed by atoms with Crippen LogP contribution < -0.4 is 0 Å². The molecule has 0 aromatic heterocycles. The van der Waals surface area contributed by atoms with Gasteiger partial charge in [-0.05, 0) is 95.7 Å². The molecule has 5 rings (SSSR count). The molecule has 194 valence electrons. The van der Waals surface area contributed by atoms with E-state index in [0.29, 0.717) is 17.8 Å². The minimum Gasteiger partial charge on any atom is -0.393 e. The first-order chi connectivity index (χ1) is 15.6. The van der Waals surface area contributed by atoms with E-state index in [1.54, 1.807) is 5.57 Å². The summed E-state index contributed by atoms with van der Waals surface area (Å²) in [4.78, 5) is 0. The summed E-state index contributed by atoms with van der Waals surface area (Å²) in [7, 11) is 1.93. The maximum absolute atomic E-state index is 11.0. The maximum Gasteiger partial charge on any atom is 0.0793 e. The van der Waals surface area contributed by atoms with Crippen molar-refractivity contribution in [2.24, 2.45) is 50.2 Å². The molecular weight excluding hydrogens is 420 g/mol. The molecule has 5 aliphatic carbocycles. The summed E-state index contributed by atoms with van der Waals surface area (Å²) in [6.45, 7) is 19.4. The lowest BCUT2D eigenvalue weighted by molar-refractivity contribution is -0.229. The van der Waals surface area contributed by atoms with Crippen molar-refractivity contribution >= 4 is 0 Å². The second-order valence-electron chi connectivity index (χ2n) is 15.6. The zero-order valence-electron chi connectivity index (χ0n) is 23.5. The molecule has 0 spiro atoms. The fourth-order valence-electron chi connectivity index (χ4n) is 10.8. The SMILES string of the molecule is CO[C@@H]1C=C2[C@@H]3CC(C)(C)[C@@H](O)C[C@]3(C)CC[C@@]2(C)[C@]2(C)CC[C@H]3C(C)(C)[C@H](O)CC[C@]3(C)[C@@H]12. The van der Waals surface area contributed by atoms with Crippen LogP contribution >= 0.6 is 0 Å². The van der Waals surface area contributed by atoms with Crippen LogP contribution in [0.2, 0.25) is 0 Å². The largest absolute Gasteiger partial charge is 0.393 e. The smallest absolute Gasteiger partial charge is 0.0793 e. The minimum atomic E-state index is -0.214. The topological polar surface area (TPSA) is 49.7 Å². The Labute approximate surface area is 209 Å². The van der Waals surface area contributed by atoms with Crippen LogP contribution in [0.25, 0.3) is 0 Å². The van der Waals surface area contributed by atoms with Crippen molar-refractivity contribution in [1.82, 2.24) is 0 Å². The van der Waals surface area contributed by atoms with Crippen LogP contribution in [0.15, 0.2) is 11.6 Å². The predicted molar refractivity (Wildman–Crippen MR) is 138 cm³/mol. The highest BCUT2D eigenvalue weighted by atomic mass is 16.5. The van der Waals surface area contributed by atoms with Crippen molar-refractivity contribution in [2.75, 3.05) is 7.11 Å². The predicted octanol–water partition coefficient (Wildman–Crippen LogP) is 6.76. The quantitative estimate of drug-likeness (QED) is 0.414. The molecule has 4 fully saturated rings. The second-order valence-corrected chi connectivity index (χ2v) is 15.6. The first-order valence-electron chi connectivity index (χ1n) is 14.2. The molecular formula is C31H52O3. The van der Waals surface area contributed by atoms with E-state index < -0.39 is 0 Å². The molecule has 2 N–H and O–H groups in total. The van der Waals surface area contributed by atoms with Crippen molar-refractivity contribution in [3.05, 3.63) is 11.6 Å². The minimum absolute atomic E-state index is 0.0449. The van der Waals surface area contributed by atoms with E-state index in [2.05, 4.69) is 61.5 Å². The number of aliphatic hydroxyl groups excluding tert-OH is 2. The molecule has 0 amide bonds. The lowest BCUT2D eigenvalue weighted by Gasteiger charge is -2.72. The average molecular weight is 473 g/mol. The van der Waals surface area contributed by atoms with Crippen LogP contribution in [0.5, 0.6) is 0 Å². The summed E-state index contributed by atoms with van der Waals surface area (Å²) in [6.07, 6.45) is 11.2. The number of ether oxygens (including phenoxy) is 1. The van der Waals surface area contributed by atoms with Gasteiger partial charge in [-0.15, -0.1) is 0 Å². The Bertz CT molecular complexity index is 874. The van der Waals surface area contributed by atoms with Gasteiger partial charge in [-0.25, -0.2) is 0 Å². The molecule has 34 heavy (non-hydrogen) atoms. The molecule has 5 aliphatic rings. The number of aliphatic hydroxyl groups is 2. The van der Waals surface area contributed by atoms with E-state index in [4.69, 9.17) is 4.74 Å². The molecule has 3 heteroatoms. The Balaban J connectivity index is 1.64. The van der Waals surface area contributed by atoms with E-state index in [1.807, 2.05) is 7.11 Å². The molecule has 10 atom stereocenters. The van der Waals surface area contributed by atoms with Gasteiger partial charge in [0.05, 0.1) is 18.3 Å². The zero-order valence-corrected chi connectivity index (χ0v) is 23.5. The van der Waals surface area contributed by atoms with Crippen molar-refractivity contribution in [3.63, 3.8) is 0 Å². The highest BCUT2D eigenvalue weighted by Gasteiger charge is 2.70. The molecule has 0 saturated heterocycles. The van der Waals surface area contributed by atoms with Crippen LogP contribution in [-0.4, -0.2) is 35.6 Å². The zero-order chi connectivity index (χ0) is 25.1. The fourth-order valence-corrected chi connectivity index (χ4v) is 10.8. The van der Waals surface area contributed by atoms with E-state index in [0.717, 1.165) is 25.7 Å². The van der Waals surface area contributed by atoms with Gasteiger partial charge in [0, 0.05) is 13.0 Å². The number of methoxy groups -OCH3 is 1. The van der Waals surface area contributed by atoms with E-state index >= 15 is 0 Å². The average Bonchev–Trinajstić information content (AvgIpc) is 2.73. The van der Waals surface area contributed by atoms with Crippen molar-refractivity contribution in [3.8, 4) is 0 Å². The Hall–Kier alpha value is -0.380. The van der Waals surface area contributed by atoms with Gasteiger partial charge in [0.15, 0.2) is 0 Å². The number of hydrogen-bond acceptors (Lipinski definition) is 3. The molecule has 0 bridgehead atoms. The Morgan fingerprint density at radius 1 is 0.824 bits per heavy atom. The highest BCUT2D eigenvalue weighted by Crippen LogP contribution is 2.75. The molecule has 3 nitrogen and oxygen atoms in total. The second kappa shape index (κ2) is 7.35. The summed E-state index contributed by atoms with van der Waals surface area (Å²) in [5.41, 5.74) is 2.27. The lowest BCUT2D eigenvalue weighted by Crippen LogP contribution is -2.67. The van der Waals surface area contributed by atoms with Crippen LogP contribution in [-0.2, 0) is 4.74 Å². The first-order valence-corrected chi connectivity index (χ1v) is 14.2. The van der Waals surface area contributed by atoms with Crippen LogP contribution in [0, 0.1) is 50.2 Å². The van der Waals surface area contributed by atoms with Crippen LogP contribution in [0.1, 0.15) is 107 Å². The monoisotopic (exact) mass is 472 g/mol. The van der Waals surface area contributed by atoms with Crippen molar-refractivity contribution < 1.29 is 14.9 Å².